The molecular weight excluding hydrogens is 289 g/mol. The zero-order chi connectivity index (χ0) is 15.0. The first-order valence-electron chi connectivity index (χ1n) is 7.30. The van der Waals surface area contributed by atoms with Crippen molar-refractivity contribution < 1.29 is 4.39 Å². The van der Waals surface area contributed by atoms with Gasteiger partial charge in [0.05, 0.1) is 5.69 Å². The van der Waals surface area contributed by atoms with Gasteiger partial charge < -0.3 is 0 Å². The van der Waals surface area contributed by atoms with Gasteiger partial charge in [-0.3, -0.25) is 9.58 Å². The van der Waals surface area contributed by atoms with Gasteiger partial charge in [-0.15, -0.1) is 0 Å². The lowest BCUT2D eigenvalue weighted by molar-refractivity contribution is 0.0816. The SMILES string of the molecule is CCc1nn(C)c(Cl)c1CN1CC[C@H]1c1ccc(F)cc1. The number of hydrogen-bond acceptors (Lipinski definition) is 2. The molecule has 1 saturated heterocycles. The van der Waals surface area contributed by atoms with Crippen LogP contribution in [0.4, 0.5) is 4.39 Å². The molecule has 1 aromatic heterocycles. The van der Waals surface area contributed by atoms with Crippen molar-refractivity contribution in [2.75, 3.05) is 6.54 Å². The van der Waals surface area contributed by atoms with Crippen molar-refractivity contribution >= 4 is 11.6 Å². The van der Waals surface area contributed by atoms with Crippen LogP contribution in [0.25, 0.3) is 0 Å². The average Bonchev–Trinajstić information content (AvgIpc) is 2.73. The molecule has 3 nitrogen and oxygen atoms in total. The molecule has 1 aliphatic rings. The Bertz CT molecular complexity index is 636. The molecule has 0 N–H and O–H groups in total. The second-order valence-corrected chi connectivity index (χ2v) is 5.88. The van der Waals surface area contributed by atoms with Crippen LogP contribution in [-0.2, 0) is 20.0 Å². The first-order valence-corrected chi connectivity index (χ1v) is 7.67. The van der Waals surface area contributed by atoms with Crippen LogP contribution in [0.2, 0.25) is 5.15 Å². The average molecular weight is 308 g/mol. The smallest absolute Gasteiger partial charge is 0.131 e. The lowest BCUT2D eigenvalue weighted by Gasteiger charge is -2.41. The van der Waals surface area contributed by atoms with E-state index in [9.17, 15) is 4.39 Å². The number of hydrogen-bond donors (Lipinski definition) is 0. The Morgan fingerprint density at radius 2 is 2.05 bits per heavy atom. The first kappa shape index (κ1) is 14.5. The van der Waals surface area contributed by atoms with E-state index in [1.165, 1.54) is 17.7 Å². The van der Waals surface area contributed by atoms with Crippen molar-refractivity contribution in [1.29, 1.82) is 0 Å². The molecule has 2 aromatic rings. The van der Waals surface area contributed by atoms with Gasteiger partial charge in [-0.1, -0.05) is 30.7 Å². The monoisotopic (exact) mass is 307 g/mol. The number of nitrogens with zero attached hydrogens (tertiary/aromatic N) is 3. The third-order valence-corrected chi connectivity index (χ3v) is 4.71. The molecule has 0 radical (unpaired) electrons. The van der Waals surface area contributed by atoms with Crippen LogP contribution in [0.3, 0.4) is 0 Å². The van der Waals surface area contributed by atoms with Gasteiger partial charge in [-0.05, 0) is 30.5 Å². The number of benzene rings is 1. The summed E-state index contributed by atoms with van der Waals surface area (Å²) in [6.07, 6.45) is 1.98. The van der Waals surface area contributed by atoms with Crippen LogP contribution in [0.15, 0.2) is 24.3 Å². The summed E-state index contributed by atoms with van der Waals surface area (Å²) in [6.45, 7) is 3.93. The van der Waals surface area contributed by atoms with Crippen molar-refractivity contribution in [3.8, 4) is 0 Å². The maximum atomic E-state index is 13.0. The molecule has 1 aromatic carbocycles. The molecule has 5 heteroatoms. The summed E-state index contributed by atoms with van der Waals surface area (Å²) in [7, 11) is 1.87. The Kier molecular flexibility index (Phi) is 4.00. The number of aromatic nitrogens is 2. The second-order valence-electron chi connectivity index (χ2n) is 5.52. The molecule has 0 aliphatic carbocycles. The maximum absolute atomic E-state index is 13.0. The van der Waals surface area contributed by atoms with E-state index >= 15 is 0 Å². The highest BCUT2D eigenvalue weighted by molar-refractivity contribution is 6.30. The fraction of sp³-hybridized carbons (Fsp3) is 0.438. The van der Waals surface area contributed by atoms with E-state index in [0.29, 0.717) is 6.04 Å². The van der Waals surface area contributed by atoms with Gasteiger partial charge in [0.2, 0.25) is 0 Å². The number of likely N-dealkylation sites (tertiary alicyclic amines) is 1. The number of rotatable bonds is 4. The molecule has 0 saturated carbocycles. The van der Waals surface area contributed by atoms with Crippen LogP contribution in [0.1, 0.15) is 36.2 Å². The van der Waals surface area contributed by atoms with Crippen molar-refractivity contribution in [2.45, 2.75) is 32.4 Å². The van der Waals surface area contributed by atoms with Gasteiger partial charge >= 0.3 is 0 Å². The molecule has 1 fully saturated rings. The predicted molar refractivity (Wildman–Crippen MR) is 81.8 cm³/mol. The van der Waals surface area contributed by atoms with Gasteiger partial charge in [0.15, 0.2) is 0 Å². The molecule has 1 aliphatic heterocycles. The predicted octanol–water partition coefficient (Wildman–Crippen LogP) is 3.72. The van der Waals surface area contributed by atoms with E-state index in [1.807, 2.05) is 19.2 Å². The van der Waals surface area contributed by atoms with Crippen LogP contribution < -0.4 is 0 Å². The van der Waals surface area contributed by atoms with Crippen molar-refractivity contribution in [2.24, 2.45) is 7.05 Å². The quantitative estimate of drug-likeness (QED) is 0.858. The van der Waals surface area contributed by atoms with E-state index in [2.05, 4.69) is 16.9 Å². The first-order chi connectivity index (χ1) is 10.1. The van der Waals surface area contributed by atoms with E-state index in [0.717, 1.165) is 42.3 Å². The molecule has 21 heavy (non-hydrogen) atoms. The lowest BCUT2D eigenvalue weighted by Crippen LogP contribution is -2.40. The summed E-state index contributed by atoms with van der Waals surface area (Å²) in [6, 6.07) is 7.16. The third kappa shape index (κ3) is 2.70. The number of aryl methyl sites for hydroxylation is 2. The standard InChI is InChI=1S/C16H19ClFN3/c1-3-14-13(16(17)20(2)19-14)10-21-9-8-15(21)11-4-6-12(18)7-5-11/h4-7,15H,3,8-10H2,1-2H3/t15-/m0/s1. The topological polar surface area (TPSA) is 21.1 Å². The highest BCUT2D eigenvalue weighted by Crippen LogP contribution is 2.36. The Morgan fingerprint density at radius 1 is 1.33 bits per heavy atom. The normalized spacial score (nSPS) is 18.8. The van der Waals surface area contributed by atoms with Gasteiger partial charge in [-0.2, -0.15) is 5.10 Å². The van der Waals surface area contributed by atoms with E-state index in [-0.39, 0.29) is 5.82 Å². The van der Waals surface area contributed by atoms with Crippen LogP contribution in [-0.4, -0.2) is 21.2 Å². The van der Waals surface area contributed by atoms with Crippen LogP contribution in [0.5, 0.6) is 0 Å². The summed E-state index contributed by atoms with van der Waals surface area (Å²) < 4.78 is 14.8. The highest BCUT2D eigenvalue weighted by atomic mass is 35.5. The molecule has 1 atom stereocenters. The molecule has 0 spiro atoms. The molecule has 112 valence electrons. The maximum Gasteiger partial charge on any atom is 0.131 e. The molecule has 0 amide bonds. The zero-order valence-corrected chi connectivity index (χ0v) is 13.1. The zero-order valence-electron chi connectivity index (χ0n) is 12.3. The van der Waals surface area contributed by atoms with Crippen molar-refractivity contribution in [3.05, 3.63) is 52.1 Å². The summed E-state index contributed by atoms with van der Waals surface area (Å²) in [5.41, 5.74) is 3.35. The van der Waals surface area contributed by atoms with Gasteiger partial charge in [0.25, 0.3) is 0 Å². The summed E-state index contributed by atoms with van der Waals surface area (Å²) in [4.78, 5) is 2.37. The minimum absolute atomic E-state index is 0.187. The molecule has 0 unspecified atom stereocenters. The molecule has 2 heterocycles. The van der Waals surface area contributed by atoms with Gasteiger partial charge in [0.1, 0.15) is 11.0 Å². The fourth-order valence-corrected chi connectivity index (χ4v) is 3.14. The Labute approximate surface area is 129 Å². The summed E-state index contributed by atoms with van der Waals surface area (Å²) in [5, 5.41) is 5.18. The molecular formula is C16H19ClFN3. The second kappa shape index (κ2) is 5.78. The third-order valence-electron chi connectivity index (χ3n) is 4.23. The lowest BCUT2D eigenvalue weighted by atomic mass is 9.94. The van der Waals surface area contributed by atoms with Gasteiger partial charge in [0, 0.05) is 31.7 Å². The molecule has 0 bridgehead atoms. The fourth-order valence-electron chi connectivity index (χ4n) is 2.94. The molecule has 3 rings (SSSR count). The van der Waals surface area contributed by atoms with Crippen LogP contribution in [0, 0.1) is 5.82 Å². The summed E-state index contributed by atoms with van der Waals surface area (Å²) in [5.74, 6) is -0.187. The largest absolute Gasteiger partial charge is 0.292 e. The Balaban J connectivity index is 1.78. The highest BCUT2D eigenvalue weighted by Gasteiger charge is 2.31. The van der Waals surface area contributed by atoms with Gasteiger partial charge in [-0.25, -0.2) is 4.39 Å². The Hall–Kier alpha value is -1.39. The van der Waals surface area contributed by atoms with Crippen molar-refractivity contribution in [1.82, 2.24) is 14.7 Å². The van der Waals surface area contributed by atoms with E-state index < -0.39 is 0 Å². The van der Waals surface area contributed by atoms with Crippen LogP contribution >= 0.6 is 11.6 Å². The van der Waals surface area contributed by atoms with E-state index in [4.69, 9.17) is 11.6 Å². The van der Waals surface area contributed by atoms with E-state index in [1.54, 1.807) is 4.68 Å². The minimum Gasteiger partial charge on any atom is -0.292 e. The summed E-state index contributed by atoms with van der Waals surface area (Å²) >= 11 is 6.36. The number of halogens is 2. The van der Waals surface area contributed by atoms with Crippen molar-refractivity contribution in [3.63, 3.8) is 0 Å². The minimum atomic E-state index is -0.187. The Morgan fingerprint density at radius 3 is 2.62 bits per heavy atom.